The van der Waals surface area contributed by atoms with E-state index in [1.165, 1.54) is 0 Å². The Hall–Kier alpha value is -1.24. The zero-order valence-electron chi connectivity index (χ0n) is 10.5. The third-order valence-corrected chi connectivity index (χ3v) is 2.98. The number of hydrogen-bond donors (Lipinski definition) is 2. The smallest absolute Gasteiger partial charge is 0.148 e. The van der Waals surface area contributed by atoms with Crippen LogP contribution in [0.25, 0.3) is 11.0 Å². The van der Waals surface area contributed by atoms with Crippen LogP contribution in [0.15, 0.2) is 18.2 Å². The molecule has 0 saturated heterocycles. The minimum Gasteiger partial charge on any atom is -0.488 e. The molecular formula is C12H17N3O2S. The molecule has 0 aliphatic heterocycles. The molecule has 98 valence electrons. The number of aliphatic hydroxyl groups is 1. The molecule has 0 bridgehead atoms. The second-order valence-electron chi connectivity index (χ2n) is 4.42. The van der Waals surface area contributed by atoms with E-state index in [2.05, 4.69) is 14.1 Å². The van der Waals surface area contributed by atoms with E-state index in [1.807, 2.05) is 32.0 Å². The monoisotopic (exact) mass is 267 g/mol. The molecule has 1 atom stereocenters. The van der Waals surface area contributed by atoms with E-state index in [9.17, 15) is 5.11 Å². The number of fused-ring (bicyclic) bond motifs is 1. The van der Waals surface area contributed by atoms with Gasteiger partial charge in [0.25, 0.3) is 0 Å². The van der Waals surface area contributed by atoms with Crippen molar-refractivity contribution in [2.45, 2.75) is 26.0 Å². The number of ether oxygens (including phenoxy) is 1. The molecule has 1 unspecified atom stereocenters. The second kappa shape index (κ2) is 6.08. The Labute approximate surface area is 110 Å². The third kappa shape index (κ3) is 3.38. The van der Waals surface area contributed by atoms with Gasteiger partial charge in [-0.3, -0.25) is 0 Å². The van der Waals surface area contributed by atoms with E-state index in [4.69, 9.17) is 4.74 Å². The topological polar surface area (TPSA) is 67.3 Å². The van der Waals surface area contributed by atoms with Crippen molar-refractivity contribution in [3.63, 3.8) is 0 Å². The molecule has 2 N–H and O–H groups in total. The molecule has 0 amide bonds. The lowest BCUT2D eigenvalue weighted by atomic mass is 10.3. The molecule has 0 saturated carbocycles. The van der Waals surface area contributed by atoms with Crippen molar-refractivity contribution in [1.29, 1.82) is 0 Å². The van der Waals surface area contributed by atoms with Crippen molar-refractivity contribution < 1.29 is 9.84 Å². The zero-order valence-corrected chi connectivity index (χ0v) is 11.3. The Morgan fingerprint density at radius 3 is 3.00 bits per heavy atom. The maximum absolute atomic E-state index is 9.76. The summed E-state index contributed by atoms with van der Waals surface area (Å²) in [5, 5.41) is 12.9. The van der Waals surface area contributed by atoms with Gasteiger partial charge in [-0.2, -0.15) is 8.75 Å². The average molecular weight is 267 g/mol. The van der Waals surface area contributed by atoms with Gasteiger partial charge in [0.2, 0.25) is 0 Å². The normalized spacial score (nSPS) is 13.1. The van der Waals surface area contributed by atoms with Crippen LogP contribution in [0.1, 0.15) is 13.8 Å². The van der Waals surface area contributed by atoms with Crippen LogP contribution in [0.4, 0.5) is 0 Å². The first-order valence-electron chi connectivity index (χ1n) is 5.92. The van der Waals surface area contributed by atoms with Crippen LogP contribution < -0.4 is 10.1 Å². The van der Waals surface area contributed by atoms with E-state index >= 15 is 0 Å². The summed E-state index contributed by atoms with van der Waals surface area (Å²) in [6, 6.07) is 5.96. The first kappa shape index (κ1) is 13.2. The van der Waals surface area contributed by atoms with Crippen LogP contribution in [0, 0.1) is 0 Å². The van der Waals surface area contributed by atoms with Crippen LogP contribution >= 0.6 is 11.7 Å². The van der Waals surface area contributed by atoms with Crippen molar-refractivity contribution in [2.75, 3.05) is 13.2 Å². The highest BCUT2D eigenvalue weighted by Crippen LogP contribution is 2.23. The molecule has 2 aromatic rings. The highest BCUT2D eigenvalue weighted by atomic mass is 32.1. The van der Waals surface area contributed by atoms with Gasteiger partial charge in [0.1, 0.15) is 29.5 Å². The molecule has 5 nitrogen and oxygen atoms in total. The number of aliphatic hydroxyl groups excluding tert-OH is 1. The number of hydrogen-bond acceptors (Lipinski definition) is 6. The molecule has 0 aliphatic rings. The van der Waals surface area contributed by atoms with Gasteiger partial charge in [-0.25, -0.2) is 0 Å². The molecule has 6 heteroatoms. The predicted octanol–water partition coefficient (Wildman–Crippen LogP) is 1.43. The molecule has 18 heavy (non-hydrogen) atoms. The Morgan fingerprint density at radius 1 is 1.39 bits per heavy atom. The minimum absolute atomic E-state index is 0.246. The quantitative estimate of drug-likeness (QED) is 0.828. The van der Waals surface area contributed by atoms with Crippen molar-refractivity contribution in [3.05, 3.63) is 18.2 Å². The summed E-state index contributed by atoms with van der Waals surface area (Å²) < 4.78 is 13.9. The summed E-state index contributed by atoms with van der Waals surface area (Å²) in [5.74, 6) is 0.671. The fourth-order valence-electron chi connectivity index (χ4n) is 1.51. The van der Waals surface area contributed by atoms with Crippen molar-refractivity contribution >= 4 is 22.8 Å². The van der Waals surface area contributed by atoms with E-state index in [0.29, 0.717) is 18.3 Å². The van der Waals surface area contributed by atoms with Crippen LogP contribution in [-0.2, 0) is 0 Å². The summed E-state index contributed by atoms with van der Waals surface area (Å²) in [6.07, 6.45) is -0.533. The number of aromatic nitrogens is 2. The first-order valence-corrected chi connectivity index (χ1v) is 6.65. The van der Waals surface area contributed by atoms with Gasteiger partial charge in [-0.05, 0) is 12.1 Å². The lowest BCUT2D eigenvalue weighted by molar-refractivity contribution is 0.105. The summed E-state index contributed by atoms with van der Waals surface area (Å²) in [4.78, 5) is 0. The van der Waals surface area contributed by atoms with Crippen LogP contribution in [0.2, 0.25) is 0 Å². The van der Waals surface area contributed by atoms with Crippen LogP contribution in [0.5, 0.6) is 5.75 Å². The minimum atomic E-state index is -0.533. The molecule has 1 heterocycles. The van der Waals surface area contributed by atoms with Crippen molar-refractivity contribution in [3.8, 4) is 5.75 Å². The average Bonchev–Trinajstić information content (AvgIpc) is 2.82. The Bertz CT molecular complexity index is 501. The van der Waals surface area contributed by atoms with Gasteiger partial charge in [0.05, 0.1) is 11.7 Å². The second-order valence-corrected chi connectivity index (χ2v) is 4.94. The van der Waals surface area contributed by atoms with Gasteiger partial charge >= 0.3 is 0 Å². The molecule has 1 aromatic carbocycles. The van der Waals surface area contributed by atoms with E-state index in [-0.39, 0.29) is 6.61 Å². The largest absolute Gasteiger partial charge is 0.488 e. The van der Waals surface area contributed by atoms with Gasteiger partial charge in [0.15, 0.2) is 0 Å². The van der Waals surface area contributed by atoms with E-state index in [0.717, 1.165) is 22.8 Å². The number of nitrogens with zero attached hydrogens (tertiary/aromatic N) is 2. The van der Waals surface area contributed by atoms with Crippen molar-refractivity contribution in [1.82, 2.24) is 14.1 Å². The molecule has 0 radical (unpaired) electrons. The fraction of sp³-hybridized carbons (Fsp3) is 0.500. The summed E-state index contributed by atoms with van der Waals surface area (Å²) in [6.45, 7) is 4.84. The molecule has 1 aromatic heterocycles. The van der Waals surface area contributed by atoms with Gasteiger partial charge in [0, 0.05) is 12.6 Å². The van der Waals surface area contributed by atoms with E-state index < -0.39 is 6.10 Å². The molecular weight excluding hydrogens is 250 g/mol. The lowest BCUT2D eigenvalue weighted by Crippen LogP contribution is -2.35. The summed E-state index contributed by atoms with van der Waals surface area (Å²) >= 11 is 1.16. The zero-order chi connectivity index (χ0) is 13.0. The molecule has 0 fully saturated rings. The SMILES string of the molecule is CC(C)NCC(O)COc1cccc2nsnc12. The van der Waals surface area contributed by atoms with Gasteiger partial charge < -0.3 is 15.2 Å². The Kier molecular flexibility index (Phi) is 4.46. The number of benzene rings is 1. The van der Waals surface area contributed by atoms with E-state index in [1.54, 1.807) is 0 Å². The van der Waals surface area contributed by atoms with Crippen molar-refractivity contribution in [2.24, 2.45) is 0 Å². The summed E-state index contributed by atoms with van der Waals surface area (Å²) in [5.41, 5.74) is 1.58. The molecule has 0 spiro atoms. The number of rotatable bonds is 6. The first-order chi connectivity index (χ1) is 8.66. The Balaban J connectivity index is 1.91. The molecule has 0 aliphatic carbocycles. The maximum atomic E-state index is 9.76. The standard InChI is InChI=1S/C12H17N3O2S/c1-8(2)13-6-9(16)7-17-11-5-3-4-10-12(11)15-18-14-10/h3-5,8-9,13,16H,6-7H2,1-2H3. The predicted molar refractivity (Wildman–Crippen MR) is 72.1 cm³/mol. The Morgan fingerprint density at radius 2 is 2.22 bits per heavy atom. The number of nitrogens with one attached hydrogen (secondary N) is 1. The lowest BCUT2D eigenvalue weighted by Gasteiger charge is -2.15. The van der Waals surface area contributed by atoms with Gasteiger partial charge in [-0.1, -0.05) is 19.9 Å². The van der Waals surface area contributed by atoms with Gasteiger partial charge in [-0.15, -0.1) is 0 Å². The van der Waals surface area contributed by atoms with Crippen LogP contribution in [0.3, 0.4) is 0 Å². The summed E-state index contributed by atoms with van der Waals surface area (Å²) in [7, 11) is 0. The maximum Gasteiger partial charge on any atom is 0.148 e. The molecule has 2 rings (SSSR count). The highest BCUT2D eigenvalue weighted by molar-refractivity contribution is 7.00. The fourth-order valence-corrected chi connectivity index (χ4v) is 2.06. The van der Waals surface area contributed by atoms with Crippen LogP contribution in [-0.4, -0.2) is 39.2 Å². The third-order valence-electron chi connectivity index (χ3n) is 2.44. The highest BCUT2D eigenvalue weighted by Gasteiger charge is 2.09.